The Morgan fingerprint density at radius 3 is 2.82 bits per heavy atom. The van der Waals surface area contributed by atoms with Crippen LogP contribution >= 0.6 is 15.9 Å². The first-order valence-corrected chi connectivity index (χ1v) is 5.39. The van der Waals surface area contributed by atoms with Crippen molar-refractivity contribution in [1.82, 2.24) is 9.97 Å². The average Bonchev–Trinajstić information content (AvgIpc) is 2.32. The first-order valence-electron chi connectivity index (χ1n) is 4.60. The number of nitrogens with two attached hydrogens (primary N) is 1. The van der Waals surface area contributed by atoms with E-state index < -0.39 is 5.82 Å². The number of halogens is 2. The molecule has 0 bridgehead atoms. The molecule has 1 aromatic heterocycles. The van der Waals surface area contributed by atoms with Crippen LogP contribution in [-0.4, -0.2) is 9.97 Å². The fourth-order valence-electron chi connectivity index (χ4n) is 1.28. The van der Waals surface area contributed by atoms with Gasteiger partial charge in [0.25, 0.3) is 0 Å². The highest BCUT2D eigenvalue weighted by Crippen LogP contribution is 2.24. The molecule has 17 heavy (non-hydrogen) atoms. The summed E-state index contributed by atoms with van der Waals surface area (Å²) in [6.07, 6.45) is 1.28. The Morgan fingerprint density at radius 1 is 1.41 bits per heavy atom. The number of nitriles is 1. The summed E-state index contributed by atoms with van der Waals surface area (Å²) < 4.78 is 14.3. The maximum absolute atomic E-state index is 13.6. The molecule has 0 aliphatic carbocycles. The minimum atomic E-state index is -0.447. The highest BCUT2D eigenvalue weighted by atomic mass is 79.9. The molecule has 0 radical (unpaired) electrons. The highest BCUT2D eigenvalue weighted by Gasteiger charge is 2.10. The Kier molecular flexibility index (Phi) is 3.02. The maximum Gasteiger partial charge on any atom is 0.164 e. The minimum Gasteiger partial charge on any atom is -0.382 e. The maximum atomic E-state index is 13.6. The van der Waals surface area contributed by atoms with Gasteiger partial charge in [-0.3, -0.25) is 0 Å². The lowest BCUT2D eigenvalue weighted by atomic mass is 10.2. The third-order valence-corrected chi connectivity index (χ3v) is 2.60. The molecule has 2 N–H and O–H groups in total. The molecule has 4 nitrogen and oxygen atoms in total. The Bertz CT molecular complexity index is 621. The van der Waals surface area contributed by atoms with Crippen molar-refractivity contribution in [2.75, 3.05) is 5.73 Å². The van der Waals surface area contributed by atoms with Crippen molar-refractivity contribution < 1.29 is 4.39 Å². The number of hydrogen-bond donors (Lipinski definition) is 1. The molecule has 0 aliphatic rings. The van der Waals surface area contributed by atoms with Crippen molar-refractivity contribution in [3.05, 3.63) is 40.2 Å². The van der Waals surface area contributed by atoms with Crippen molar-refractivity contribution >= 4 is 21.7 Å². The van der Waals surface area contributed by atoms with Gasteiger partial charge in [0.15, 0.2) is 5.82 Å². The van der Waals surface area contributed by atoms with Gasteiger partial charge in [-0.05, 0) is 18.2 Å². The van der Waals surface area contributed by atoms with Gasteiger partial charge < -0.3 is 5.73 Å². The van der Waals surface area contributed by atoms with Gasteiger partial charge in [0.05, 0.1) is 11.8 Å². The standard InChI is InChI=1S/C11H6BrFN4/c12-7-1-2-9(13)8(3-7)11-16-5-6(4-14)10(15)17-11/h1-3,5H,(H2,15,16,17). The van der Waals surface area contributed by atoms with E-state index in [2.05, 4.69) is 25.9 Å². The zero-order valence-corrected chi connectivity index (χ0v) is 10.1. The van der Waals surface area contributed by atoms with E-state index in [1.807, 2.05) is 6.07 Å². The predicted octanol–water partition coefficient (Wildman–Crippen LogP) is 2.50. The summed E-state index contributed by atoms with van der Waals surface area (Å²) in [6, 6.07) is 6.28. The van der Waals surface area contributed by atoms with Crippen molar-refractivity contribution in [3.8, 4) is 17.5 Å². The zero-order valence-electron chi connectivity index (χ0n) is 8.48. The van der Waals surface area contributed by atoms with E-state index in [4.69, 9.17) is 11.0 Å². The fraction of sp³-hybridized carbons (Fsp3) is 0. The summed E-state index contributed by atoms with van der Waals surface area (Å²) in [4.78, 5) is 7.81. The van der Waals surface area contributed by atoms with Gasteiger partial charge in [-0.2, -0.15) is 5.26 Å². The van der Waals surface area contributed by atoms with Gasteiger partial charge in [0.2, 0.25) is 0 Å². The van der Waals surface area contributed by atoms with Gasteiger partial charge in [0, 0.05) is 4.47 Å². The molecule has 0 unspecified atom stereocenters. The Labute approximate surface area is 105 Å². The van der Waals surface area contributed by atoms with E-state index in [-0.39, 0.29) is 22.8 Å². The lowest BCUT2D eigenvalue weighted by Crippen LogP contribution is -2.00. The van der Waals surface area contributed by atoms with E-state index >= 15 is 0 Å². The molecule has 2 rings (SSSR count). The number of hydrogen-bond acceptors (Lipinski definition) is 4. The molecule has 0 saturated carbocycles. The van der Waals surface area contributed by atoms with Crippen LogP contribution in [0.1, 0.15) is 5.56 Å². The van der Waals surface area contributed by atoms with Crippen LogP contribution in [0, 0.1) is 17.1 Å². The highest BCUT2D eigenvalue weighted by molar-refractivity contribution is 9.10. The third-order valence-electron chi connectivity index (χ3n) is 2.11. The Balaban J connectivity index is 2.58. The SMILES string of the molecule is N#Cc1cnc(-c2cc(Br)ccc2F)nc1N. The molecule has 84 valence electrons. The molecule has 0 amide bonds. The molecule has 2 aromatic rings. The molecular weight excluding hydrogens is 287 g/mol. The van der Waals surface area contributed by atoms with Gasteiger partial charge in [-0.25, -0.2) is 14.4 Å². The zero-order chi connectivity index (χ0) is 12.4. The average molecular weight is 293 g/mol. The number of rotatable bonds is 1. The molecule has 0 atom stereocenters. The molecule has 0 spiro atoms. The third kappa shape index (κ3) is 2.24. The van der Waals surface area contributed by atoms with Crippen LogP contribution < -0.4 is 5.73 Å². The predicted molar refractivity (Wildman–Crippen MR) is 64.3 cm³/mol. The summed E-state index contributed by atoms with van der Waals surface area (Å²) in [7, 11) is 0. The summed E-state index contributed by atoms with van der Waals surface area (Å²) in [5.41, 5.74) is 5.95. The van der Waals surface area contributed by atoms with Crippen LogP contribution in [0.25, 0.3) is 11.4 Å². The second kappa shape index (κ2) is 4.47. The van der Waals surface area contributed by atoms with E-state index in [0.29, 0.717) is 4.47 Å². The van der Waals surface area contributed by atoms with Crippen LogP contribution in [-0.2, 0) is 0 Å². The van der Waals surface area contributed by atoms with Gasteiger partial charge in [0.1, 0.15) is 23.3 Å². The molecular formula is C11H6BrFN4. The van der Waals surface area contributed by atoms with E-state index in [1.54, 1.807) is 12.1 Å². The van der Waals surface area contributed by atoms with E-state index in [0.717, 1.165) is 0 Å². The Hall–Kier alpha value is -2.00. The topological polar surface area (TPSA) is 75.6 Å². The normalized spacial score (nSPS) is 9.94. The minimum absolute atomic E-state index is 0.0388. The molecule has 6 heteroatoms. The van der Waals surface area contributed by atoms with E-state index in [1.165, 1.54) is 12.3 Å². The first-order chi connectivity index (χ1) is 8.11. The fourth-order valence-corrected chi connectivity index (χ4v) is 1.64. The second-order valence-corrected chi connectivity index (χ2v) is 4.14. The number of nitrogen functional groups attached to an aromatic ring is 1. The Morgan fingerprint density at radius 2 is 2.18 bits per heavy atom. The lowest BCUT2D eigenvalue weighted by Gasteiger charge is -2.04. The number of nitrogens with zero attached hydrogens (tertiary/aromatic N) is 3. The summed E-state index contributed by atoms with van der Waals surface area (Å²) in [5.74, 6) is -0.255. The monoisotopic (exact) mass is 292 g/mol. The first kappa shape index (κ1) is 11.5. The summed E-state index contributed by atoms with van der Waals surface area (Å²) in [6.45, 7) is 0. The molecule has 0 aliphatic heterocycles. The molecule has 1 heterocycles. The summed E-state index contributed by atoms with van der Waals surface area (Å²) >= 11 is 3.23. The van der Waals surface area contributed by atoms with Crippen LogP contribution in [0.15, 0.2) is 28.9 Å². The van der Waals surface area contributed by atoms with E-state index in [9.17, 15) is 4.39 Å². The molecule has 0 fully saturated rings. The van der Waals surface area contributed by atoms with Crippen LogP contribution in [0.3, 0.4) is 0 Å². The number of aromatic nitrogens is 2. The van der Waals surface area contributed by atoms with Crippen molar-refractivity contribution in [1.29, 1.82) is 5.26 Å². The van der Waals surface area contributed by atoms with Crippen molar-refractivity contribution in [3.63, 3.8) is 0 Å². The van der Waals surface area contributed by atoms with Crippen molar-refractivity contribution in [2.24, 2.45) is 0 Å². The quantitative estimate of drug-likeness (QED) is 0.876. The van der Waals surface area contributed by atoms with Crippen LogP contribution in [0.5, 0.6) is 0 Å². The second-order valence-electron chi connectivity index (χ2n) is 3.23. The van der Waals surface area contributed by atoms with Crippen LogP contribution in [0.2, 0.25) is 0 Å². The van der Waals surface area contributed by atoms with Gasteiger partial charge in [-0.1, -0.05) is 15.9 Å². The van der Waals surface area contributed by atoms with Gasteiger partial charge in [-0.15, -0.1) is 0 Å². The molecule has 0 saturated heterocycles. The van der Waals surface area contributed by atoms with Crippen LogP contribution in [0.4, 0.5) is 10.2 Å². The number of anilines is 1. The van der Waals surface area contributed by atoms with Gasteiger partial charge >= 0.3 is 0 Å². The number of benzene rings is 1. The smallest absolute Gasteiger partial charge is 0.164 e. The largest absolute Gasteiger partial charge is 0.382 e. The lowest BCUT2D eigenvalue weighted by molar-refractivity contribution is 0.629. The summed E-state index contributed by atoms with van der Waals surface area (Å²) in [5, 5.41) is 8.69. The van der Waals surface area contributed by atoms with Crippen molar-refractivity contribution in [2.45, 2.75) is 0 Å². The molecule has 1 aromatic carbocycles.